The van der Waals surface area contributed by atoms with E-state index < -0.39 is 16.6 Å². The summed E-state index contributed by atoms with van der Waals surface area (Å²) in [4.78, 5) is 0. The fraction of sp³-hybridized carbons (Fsp3) is 0.556. The molecular weight excluding hydrogens is 302 g/mol. The Morgan fingerprint density at radius 2 is 1.64 bits per heavy atom. The van der Waals surface area contributed by atoms with E-state index in [1.807, 2.05) is 0 Å². The number of rotatable bonds is 5. The summed E-state index contributed by atoms with van der Waals surface area (Å²) >= 11 is 0. The zero-order valence-corrected chi connectivity index (χ0v) is 17.1. The molecule has 0 saturated heterocycles. The van der Waals surface area contributed by atoms with Crippen LogP contribution in [-0.2, 0) is 4.53 Å². The zero-order chi connectivity index (χ0) is 16.4. The largest absolute Gasteiger partial charge is 0.328 e. The Morgan fingerprint density at radius 3 is 2.18 bits per heavy atom. The highest BCUT2D eigenvalue weighted by Gasteiger charge is 2.32. The van der Waals surface area contributed by atoms with Crippen LogP contribution in [0.3, 0.4) is 0 Å². The van der Waals surface area contributed by atoms with Crippen molar-refractivity contribution in [2.45, 2.75) is 65.0 Å². The van der Waals surface area contributed by atoms with Gasteiger partial charge in [0.2, 0.25) is 8.32 Å². The van der Waals surface area contributed by atoms with Gasteiger partial charge in [0, 0.05) is 5.56 Å². The Morgan fingerprint density at radius 1 is 0.955 bits per heavy atom. The molecule has 0 amide bonds. The first-order valence-electron chi connectivity index (χ1n) is 8.46. The Bertz CT molecular complexity index is 541. The van der Waals surface area contributed by atoms with Crippen LogP contribution >= 0.6 is 0 Å². The lowest BCUT2D eigenvalue weighted by Crippen LogP contribution is -2.51. The van der Waals surface area contributed by atoms with Gasteiger partial charge in [-0.25, -0.2) is 0 Å². The molecule has 0 fully saturated rings. The topological polar surface area (TPSA) is 12.5 Å². The fourth-order valence-corrected chi connectivity index (χ4v) is 6.31. The first kappa shape index (κ1) is 17.5. The van der Waals surface area contributed by atoms with Crippen molar-refractivity contribution in [1.29, 1.82) is 0 Å². The highest BCUT2D eigenvalue weighted by molar-refractivity contribution is 6.81. The number of para-hydroxylation sites is 1. The summed E-state index contributed by atoms with van der Waals surface area (Å²) in [7, 11) is -3.26. The van der Waals surface area contributed by atoms with Gasteiger partial charge in [-0.2, -0.15) is 0 Å². The number of hydrogen-bond donors (Lipinski definition) is 0. The van der Waals surface area contributed by atoms with E-state index in [0.29, 0.717) is 0 Å². The standard InChI is InChI=1S/C18H31NOSi2/c1-21(2,3)19(20-22(4,5)6)18-15-11-10-14-17(18)16-12-8-7-9-13-16/h10-12,14-15H,7-9,13H2,1-6H3. The number of anilines is 1. The monoisotopic (exact) mass is 333 g/mol. The van der Waals surface area contributed by atoms with Gasteiger partial charge in [0.15, 0.2) is 8.24 Å². The summed E-state index contributed by atoms with van der Waals surface area (Å²) in [6.45, 7) is 13.9. The van der Waals surface area contributed by atoms with Crippen molar-refractivity contribution in [1.82, 2.24) is 0 Å². The molecule has 4 heteroatoms. The Kier molecular flexibility index (Phi) is 5.35. The second-order valence-electron chi connectivity index (χ2n) is 8.16. The molecule has 0 aliphatic heterocycles. The molecular formula is C18H31NOSi2. The van der Waals surface area contributed by atoms with Crippen LogP contribution in [-0.4, -0.2) is 16.6 Å². The number of nitrogens with zero attached hydrogens (tertiary/aromatic N) is 1. The third-order valence-electron chi connectivity index (χ3n) is 3.73. The van der Waals surface area contributed by atoms with E-state index in [4.69, 9.17) is 4.53 Å². The van der Waals surface area contributed by atoms with Gasteiger partial charge >= 0.3 is 0 Å². The first-order chi connectivity index (χ1) is 10.2. The van der Waals surface area contributed by atoms with Crippen molar-refractivity contribution in [3.05, 3.63) is 35.9 Å². The summed E-state index contributed by atoms with van der Waals surface area (Å²) in [6.07, 6.45) is 7.48. The number of allylic oxidation sites excluding steroid dienone is 2. The molecule has 1 aliphatic carbocycles. The minimum atomic E-state index is -1.64. The van der Waals surface area contributed by atoms with Crippen molar-refractivity contribution >= 4 is 27.8 Å². The third-order valence-corrected chi connectivity index (χ3v) is 6.20. The van der Waals surface area contributed by atoms with Crippen LogP contribution in [0.5, 0.6) is 0 Å². The second kappa shape index (κ2) is 6.73. The Labute approximate surface area is 138 Å². The summed E-state index contributed by atoms with van der Waals surface area (Å²) in [6, 6.07) is 8.81. The van der Waals surface area contributed by atoms with Crippen LogP contribution in [0.25, 0.3) is 5.57 Å². The maximum absolute atomic E-state index is 6.53. The van der Waals surface area contributed by atoms with Gasteiger partial charge in [0.1, 0.15) is 0 Å². The molecule has 1 aromatic rings. The van der Waals surface area contributed by atoms with Crippen molar-refractivity contribution in [3.8, 4) is 0 Å². The molecule has 0 spiro atoms. The molecule has 0 bridgehead atoms. The molecule has 0 aromatic heterocycles. The van der Waals surface area contributed by atoms with Gasteiger partial charge in [-0.3, -0.25) is 4.73 Å². The number of benzene rings is 1. The van der Waals surface area contributed by atoms with Crippen molar-refractivity contribution in [3.63, 3.8) is 0 Å². The van der Waals surface area contributed by atoms with Gasteiger partial charge in [0.05, 0.1) is 5.69 Å². The van der Waals surface area contributed by atoms with Crippen LogP contribution in [0.1, 0.15) is 31.2 Å². The smallest absolute Gasteiger partial charge is 0.219 e. The molecule has 0 heterocycles. The Hall–Kier alpha value is -0.846. The lowest BCUT2D eigenvalue weighted by molar-refractivity contribution is 0.330. The predicted molar refractivity (Wildman–Crippen MR) is 103 cm³/mol. The van der Waals surface area contributed by atoms with Crippen LogP contribution in [0.15, 0.2) is 30.3 Å². The van der Waals surface area contributed by atoms with Crippen molar-refractivity contribution in [2.75, 3.05) is 4.73 Å². The fourth-order valence-electron chi connectivity index (χ4n) is 2.83. The van der Waals surface area contributed by atoms with E-state index >= 15 is 0 Å². The van der Waals surface area contributed by atoms with E-state index in [2.05, 4.69) is 74.4 Å². The van der Waals surface area contributed by atoms with Gasteiger partial charge in [-0.05, 0) is 76.6 Å². The van der Waals surface area contributed by atoms with Gasteiger partial charge in [-0.15, -0.1) is 0 Å². The second-order valence-corrected chi connectivity index (χ2v) is 17.3. The SMILES string of the molecule is C[Si](C)(C)ON(c1ccccc1C1=CCCCC1)[Si](C)(C)C. The molecule has 0 saturated carbocycles. The molecule has 122 valence electrons. The Balaban J connectivity index is 2.46. The average molecular weight is 334 g/mol. The summed E-state index contributed by atoms with van der Waals surface area (Å²) in [5, 5.41) is 0. The lowest BCUT2D eigenvalue weighted by atomic mass is 9.93. The predicted octanol–water partition coefficient (Wildman–Crippen LogP) is 6.05. The molecule has 22 heavy (non-hydrogen) atoms. The van der Waals surface area contributed by atoms with E-state index in [0.717, 1.165) is 0 Å². The molecule has 2 nitrogen and oxygen atoms in total. The van der Waals surface area contributed by atoms with Crippen LogP contribution in [0.2, 0.25) is 39.3 Å². The van der Waals surface area contributed by atoms with Crippen LogP contribution < -0.4 is 4.73 Å². The third kappa shape index (κ3) is 4.57. The minimum absolute atomic E-state index is 1.20. The van der Waals surface area contributed by atoms with Crippen LogP contribution in [0, 0.1) is 0 Å². The van der Waals surface area contributed by atoms with E-state index in [-0.39, 0.29) is 0 Å². The highest BCUT2D eigenvalue weighted by atomic mass is 28.4. The van der Waals surface area contributed by atoms with Gasteiger partial charge in [-0.1, -0.05) is 24.3 Å². The zero-order valence-electron chi connectivity index (χ0n) is 15.1. The van der Waals surface area contributed by atoms with Gasteiger partial charge in [0.25, 0.3) is 0 Å². The van der Waals surface area contributed by atoms with Gasteiger partial charge < -0.3 is 4.53 Å². The average Bonchev–Trinajstić information content (AvgIpc) is 2.44. The minimum Gasteiger partial charge on any atom is -0.328 e. The molecule has 0 radical (unpaired) electrons. The van der Waals surface area contributed by atoms with Crippen molar-refractivity contribution in [2.24, 2.45) is 0 Å². The number of hydrogen-bond acceptors (Lipinski definition) is 2. The normalized spacial score (nSPS) is 16.4. The maximum Gasteiger partial charge on any atom is 0.219 e. The lowest BCUT2D eigenvalue weighted by Gasteiger charge is -2.41. The molecule has 0 N–H and O–H groups in total. The molecule has 1 aromatic carbocycles. The highest BCUT2D eigenvalue weighted by Crippen LogP contribution is 2.36. The summed E-state index contributed by atoms with van der Waals surface area (Å²) < 4.78 is 8.82. The quantitative estimate of drug-likeness (QED) is 0.480. The molecule has 0 unspecified atom stereocenters. The molecule has 2 rings (SSSR count). The summed E-state index contributed by atoms with van der Waals surface area (Å²) in [5.41, 5.74) is 4.16. The van der Waals surface area contributed by atoms with E-state index in [1.54, 1.807) is 0 Å². The molecule has 1 aliphatic rings. The van der Waals surface area contributed by atoms with E-state index in [1.165, 1.54) is 42.5 Å². The molecule has 0 atom stereocenters. The first-order valence-corrected chi connectivity index (χ1v) is 15.3. The van der Waals surface area contributed by atoms with Crippen LogP contribution in [0.4, 0.5) is 5.69 Å². The maximum atomic E-state index is 6.53. The van der Waals surface area contributed by atoms with Crippen molar-refractivity contribution < 1.29 is 4.53 Å². The van der Waals surface area contributed by atoms with E-state index in [9.17, 15) is 0 Å². The summed E-state index contributed by atoms with van der Waals surface area (Å²) in [5.74, 6) is 0.